The highest BCUT2D eigenvalue weighted by Crippen LogP contribution is 2.19. The van der Waals surface area contributed by atoms with Gasteiger partial charge in [-0.15, -0.1) is 0 Å². The van der Waals surface area contributed by atoms with E-state index in [9.17, 15) is 4.79 Å². The minimum absolute atomic E-state index is 0.366. The fourth-order valence-electron chi connectivity index (χ4n) is 1.27. The van der Waals surface area contributed by atoms with Gasteiger partial charge in [0, 0.05) is 11.8 Å². The van der Waals surface area contributed by atoms with Gasteiger partial charge in [0.1, 0.15) is 5.75 Å². The van der Waals surface area contributed by atoms with Gasteiger partial charge in [-0.3, -0.25) is 0 Å². The lowest BCUT2D eigenvalue weighted by Crippen LogP contribution is -2.07. The Morgan fingerprint density at radius 1 is 1.31 bits per heavy atom. The van der Waals surface area contributed by atoms with E-state index in [1.54, 1.807) is 18.2 Å². The molecule has 0 saturated carbocycles. The van der Waals surface area contributed by atoms with Crippen molar-refractivity contribution in [1.29, 1.82) is 0 Å². The number of hydrogen-bond donors (Lipinski definition) is 1. The summed E-state index contributed by atoms with van der Waals surface area (Å²) in [7, 11) is 0. The topological polar surface area (TPSA) is 61.5 Å². The van der Waals surface area contributed by atoms with Gasteiger partial charge in [-0.1, -0.05) is 6.92 Å². The molecule has 0 heterocycles. The van der Waals surface area contributed by atoms with E-state index in [-0.39, 0.29) is 5.97 Å². The summed E-state index contributed by atoms with van der Waals surface area (Å²) in [6.07, 6.45) is 0.798. The number of carbonyl (C=O) groups is 1. The molecule has 1 aromatic carbocycles. The second-order valence-corrected chi connectivity index (χ2v) is 3.36. The molecule has 0 unspecified atom stereocenters. The maximum Gasteiger partial charge on any atom is 0.338 e. The van der Waals surface area contributed by atoms with Crippen LogP contribution >= 0.6 is 0 Å². The van der Waals surface area contributed by atoms with Crippen LogP contribution in [0.1, 0.15) is 30.6 Å². The maximum absolute atomic E-state index is 11.6. The second kappa shape index (κ2) is 6.00. The highest BCUT2D eigenvalue weighted by atomic mass is 16.5. The number of carbonyl (C=O) groups excluding carboxylic acids is 1. The van der Waals surface area contributed by atoms with Crippen molar-refractivity contribution in [2.75, 3.05) is 18.9 Å². The van der Waals surface area contributed by atoms with Crippen molar-refractivity contribution in [3.05, 3.63) is 23.8 Å². The third-order valence-electron chi connectivity index (χ3n) is 1.91. The van der Waals surface area contributed by atoms with Gasteiger partial charge in [-0.05, 0) is 25.5 Å². The van der Waals surface area contributed by atoms with E-state index in [0.717, 1.165) is 6.42 Å². The summed E-state index contributed by atoms with van der Waals surface area (Å²) in [4.78, 5) is 11.6. The number of benzene rings is 1. The van der Waals surface area contributed by atoms with Crippen LogP contribution in [0.2, 0.25) is 0 Å². The van der Waals surface area contributed by atoms with Crippen LogP contribution in [0.25, 0.3) is 0 Å². The van der Waals surface area contributed by atoms with Crippen LogP contribution in [0, 0.1) is 0 Å². The lowest BCUT2D eigenvalue weighted by molar-refractivity contribution is 0.0504. The molecule has 0 amide bonds. The molecule has 0 aliphatic carbocycles. The molecular weight excluding hydrogens is 206 g/mol. The molecule has 16 heavy (non-hydrogen) atoms. The van der Waals surface area contributed by atoms with E-state index in [0.29, 0.717) is 30.2 Å². The van der Waals surface area contributed by atoms with Crippen LogP contribution in [0.4, 0.5) is 5.69 Å². The van der Waals surface area contributed by atoms with Crippen LogP contribution in [0.15, 0.2) is 18.2 Å². The maximum atomic E-state index is 11.6. The highest BCUT2D eigenvalue weighted by Gasteiger charge is 2.09. The molecule has 0 spiro atoms. The van der Waals surface area contributed by atoms with Gasteiger partial charge < -0.3 is 15.2 Å². The van der Waals surface area contributed by atoms with Gasteiger partial charge >= 0.3 is 5.97 Å². The quantitative estimate of drug-likeness (QED) is 0.614. The molecule has 0 atom stereocenters. The molecule has 0 saturated heterocycles. The number of anilines is 1. The van der Waals surface area contributed by atoms with E-state index in [1.165, 1.54) is 0 Å². The zero-order chi connectivity index (χ0) is 12.0. The predicted octanol–water partition coefficient (Wildman–Crippen LogP) is 2.23. The van der Waals surface area contributed by atoms with Gasteiger partial charge in [-0.25, -0.2) is 4.79 Å². The van der Waals surface area contributed by atoms with Crippen molar-refractivity contribution < 1.29 is 14.3 Å². The van der Waals surface area contributed by atoms with Crippen molar-refractivity contribution in [3.8, 4) is 5.75 Å². The van der Waals surface area contributed by atoms with Gasteiger partial charge in [-0.2, -0.15) is 0 Å². The first-order chi connectivity index (χ1) is 7.67. The molecule has 0 fully saturated rings. The Labute approximate surface area is 95.3 Å². The molecule has 0 aromatic heterocycles. The van der Waals surface area contributed by atoms with Gasteiger partial charge in [0.2, 0.25) is 0 Å². The number of rotatable bonds is 5. The Kier molecular flexibility index (Phi) is 4.64. The largest absolute Gasteiger partial charge is 0.494 e. The number of esters is 1. The molecule has 0 aliphatic heterocycles. The molecule has 1 rings (SSSR count). The van der Waals surface area contributed by atoms with Crippen molar-refractivity contribution in [2.45, 2.75) is 20.3 Å². The van der Waals surface area contributed by atoms with Gasteiger partial charge in [0.25, 0.3) is 0 Å². The molecule has 0 aliphatic rings. The molecule has 2 N–H and O–H groups in total. The molecular formula is C12H17NO3. The van der Waals surface area contributed by atoms with E-state index in [2.05, 4.69) is 0 Å². The Bertz CT molecular complexity index is 363. The summed E-state index contributed by atoms with van der Waals surface area (Å²) >= 11 is 0. The van der Waals surface area contributed by atoms with Crippen LogP contribution in [0.5, 0.6) is 5.75 Å². The summed E-state index contributed by atoms with van der Waals surface area (Å²) in [5.41, 5.74) is 6.59. The van der Waals surface area contributed by atoms with E-state index >= 15 is 0 Å². The zero-order valence-electron chi connectivity index (χ0n) is 9.66. The lowest BCUT2D eigenvalue weighted by Gasteiger charge is -2.07. The van der Waals surface area contributed by atoms with Crippen LogP contribution < -0.4 is 10.5 Å². The molecule has 88 valence electrons. The smallest absolute Gasteiger partial charge is 0.338 e. The van der Waals surface area contributed by atoms with Crippen molar-refractivity contribution >= 4 is 11.7 Å². The minimum atomic E-state index is -0.366. The van der Waals surface area contributed by atoms with Crippen molar-refractivity contribution in [1.82, 2.24) is 0 Å². The fraction of sp³-hybridized carbons (Fsp3) is 0.417. The second-order valence-electron chi connectivity index (χ2n) is 3.36. The monoisotopic (exact) mass is 223 g/mol. The third kappa shape index (κ3) is 3.46. The Morgan fingerprint density at radius 2 is 2.06 bits per heavy atom. The van der Waals surface area contributed by atoms with Crippen LogP contribution in [-0.2, 0) is 4.74 Å². The average molecular weight is 223 g/mol. The molecule has 4 heteroatoms. The number of ether oxygens (including phenoxy) is 2. The summed E-state index contributed by atoms with van der Waals surface area (Å²) < 4.78 is 10.3. The molecule has 1 aromatic rings. The SMILES string of the molecule is CCCOC(=O)c1cc(N)cc(OCC)c1. The van der Waals surface area contributed by atoms with E-state index < -0.39 is 0 Å². The number of hydrogen-bond acceptors (Lipinski definition) is 4. The minimum Gasteiger partial charge on any atom is -0.494 e. The summed E-state index contributed by atoms with van der Waals surface area (Å²) in [5, 5.41) is 0. The van der Waals surface area contributed by atoms with Gasteiger partial charge in [0.15, 0.2) is 0 Å². The molecule has 4 nitrogen and oxygen atoms in total. The summed E-state index contributed by atoms with van der Waals surface area (Å²) in [5.74, 6) is 0.223. The van der Waals surface area contributed by atoms with Crippen molar-refractivity contribution in [2.24, 2.45) is 0 Å². The summed E-state index contributed by atoms with van der Waals surface area (Å²) in [6.45, 7) is 4.76. The fourth-order valence-corrected chi connectivity index (χ4v) is 1.27. The Hall–Kier alpha value is -1.71. The van der Waals surface area contributed by atoms with E-state index in [4.69, 9.17) is 15.2 Å². The first-order valence-corrected chi connectivity index (χ1v) is 5.37. The van der Waals surface area contributed by atoms with Gasteiger partial charge in [0.05, 0.1) is 18.8 Å². The summed E-state index contributed by atoms with van der Waals surface area (Å²) in [6, 6.07) is 4.90. The van der Waals surface area contributed by atoms with Crippen LogP contribution in [-0.4, -0.2) is 19.2 Å². The third-order valence-corrected chi connectivity index (χ3v) is 1.91. The predicted molar refractivity (Wildman–Crippen MR) is 62.6 cm³/mol. The standard InChI is InChI=1S/C12H17NO3/c1-3-5-16-12(14)9-6-10(13)8-11(7-9)15-4-2/h6-8H,3-5,13H2,1-2H3. The van der Waals surface area contributed by atoms with Crippen molar-refractivity contribution in [3.63, 3.8) is 0 Å². The van der Waals surface area contributed by atoms with E-state index in [1.807, 2.05) is 13.8 Å². The Morgan fingerprint density at radius 3 is 2.69 bits per heavy atom. The average Bonchev–Trinajstić information content (AvgIpc) is 2.25. The van der Waals surface area contributed by atoms with Crippen LogP contribution in [0.3, 0.4) is 0 Å². The molecule has 0 bridgehead atoms. The number of nitrogens with two attached hydrogens (primary N) is 1. The zero-order valence-corrected chi connectivity index (χ0v) is 9.66. The first-order valence-electron chi connectivity index (χ1n) is 5.37. The number of nitrogen functional groups attached to an aromatic ring is 1. The first kappa shape index (κ1) is 12.4. The normalized spacial score (nSPS) is 9.88. The lowest BCUT2D eigenvalue weighted by atomic mass is 10.2. The molecule has 0 radical (unpaired) electrons. The highest BCUT2D eigenvalue weighted by molar-refractivity contribution is 5.91. The Balaban J connectivity index is 2.82.